The third kappa shape index (κ3) is 3.40. The maximum atomic E-state index is 13.4. The van der Waals surface area contributed by atoms with E-state index in [0.29, 0.717) is 0 Å². The zero-order valence-corrected chi connectivity index (χ0v) is 16.2. The number of hydrogen-bond donors (Lipinski definition) is 1. The third-order valence-corrected chi connectivity index (χ3v) is 6.12. The Morgan fingerprint density at radius 1 is 1.21 bits per heavy atom. The first-order chi connectivity index (χ1) is 13.8. The molecule has 144 valence electrons. The van der Waals surface area contributed by atoms with Gasteiger partial charge < -0.3 is 14.6 Å². The highest BCUT2D eigenvalue weighted by Crippen LogP contribution is 2.39. The highest BCUT2D eigenvalue weighted by Gasteiger charge is 2.24. The first-order valence-corrected chi connectivity index (χ1v) is 10.6. The van der Waals surface area contributed by atoms with Gasteiger partial charge in [-0.3, -0.25) is 0 Å². The number of halogens is 1. The number of nitrogens with one attached hydrogen (secondary N) is 1. The molecule has 2 aromatic heterocycles. The van der Waals surface area contributed by atoms with E-state index >= 15 is 0 Å². The number of anilines is 1. The zero-order valence-electron chi connectivity index (χ0n) is 15.4. The smallest absolute Gasteiger partial charge is 0.169 e. The lowest BCUT2D eigenvalue weighted by Gasteiger charge is -2.13. The van der Waals surface area contributed by atoms with Crippen LogP contribution in [0.5, 0.6) is 0 Å². The Morgan fingerprint density at radius 2 is 2.11 bits per heavy atom. The fraction of sp³-hybridized carbons (Fsp3) is 0.333. The number of ether oxygens (including phenoxy) is 1. The standard InChI is InChI=1S/C21H21FN4OS/c22-16-5-3-14(4-6-16)19-20(26-9-11-28-21(26)25-19)15-7-8-23-18(12-15)24-13-17-2-1-10-27-17/h3-8,12,17H,1-2,9-11,13H2,(H,23,24). The topological polar surface area (TPSA) is 52.0 Å². The van der Waals surface area contributed by atoms with E-state index in [2.05, 4.69) is 20.9 Å². The molecule has 0 radical (unpaired) electrons. The predicted octanol–water partition coefficient (Wildman–Crippen LogP) is 4.45. The van der Waals surface area contributed by atoms with Crippen molar-refractivity contribution in [3.8, 4) is 22.5 Å². The van der Waals surface area contributed by atoms with E-state index in [4.69, 9.17) is 9.72 Å². The monoisotopic (exact) mass is 396 g/mol. The molecule has 2 aliphatic heterocycles. The van der Waals surface area contributed by atoms with Crippen LogP contribution in [-0.4, -0.2) is 39.5 Å². The van der Waals surface area contributed by atoms with Crippen molar-refractivity contribution in [2.75, 3.05) is 24.2 Å². The van der Waals surface area contributed by atoms with Crippen molar-refractivity contribution in [3.05, 3.63) is 48.4 Å². The molecule has 28 heavy (non-hydrogen) atoms. The number of pyridine rings is 1. The first kappa shape index (κ1) is 17.7. The van der Waals surface area contributed by atoms with Gasteiger partial charge in [0.25, 0.3) is 0 Å². The molecule has 0 saturated carbocycles. The average molecular weight is 396 g/mol. The van der Waals surface area contributed by atoms with Crippen LogP contribution in [0.3, 0.4) is 0 Å². The Labute approximate surface area is 167 Å². The molecule has 0 aliphatic carbocycles. The largest absolute Gasteiger partial charge is 0.376 e. The normalized spacial score (nSPS) is 18.4. The van der Waals surface area contributed by atoms with Crippen molar-refractivity contribution in [1.29, 1.82) is 0 Å². The van der Waals surface area contributed by atoms with Crippen LogP contribution in [0.4, 0.5) is 10.2 Å². The number of rotatable bonds is 5. The molecule has 1 saturated heterocycles. The second-order valence-corrected chi connectivity index (χ2v) is 8.11. The molecule has 0 bridgehead atoms. The number of benzene rings is 1. The van der Waals surface area contributed by atoms with Gasteiger partial charge in [-0.2, -0.15) is 0 Å². The quantitative estimate of drug-likeness (QED) is 0.691. The fourth-order valence-corrected chi connectivity index (χ4v) is 4.73. The van der Waals surface area contributed by atoms with Gasteiger partial charge in [-0.05, 0) is 49.2 Å². The number of fused-ring (bicyclic) bond motifs is 1. The molecule has 0 amide bonds. The highest BCUT2D eigenvalue weighted by molar-refractivity contribution is 7.99. The SMILES string of the molecule is Fc1ccc(-c2nc3n(c2-c2ccnc(NCC4CCCO4)c2)CCS3)cc1. The number of hydrogen-bond acceptors (Lipinski definition) is 5. The second-order valence-electron chi connectivity index (χ2n) is 7.04. The van der Waals surface area contributed by atoms with E-state index in [0.717, 1.165) is 71.8 Å². The summed E-state index contributed by atoms with van der Waals surface area (Å²) in [6.45, 7) is 2.53. The van der Waals surface area contributed by atoms with Gasteiger partial charge in [-0.1, -0.05) is 11.8 Å². The molecule has 2 aliphatic rings. The number of imidazole rings is 1. The minimum atomic E-state index is -0.240. The molecular weight excluding hydrogens is 375 g/mol. The van der Waals surface area contributed by atoms with E-state index < -0.39 is 0 Å². The van der Waals surface area contributed by atoms with Crippen LogP contribution in [0, 0.1) is 5.82 Å². The first-order valence-electron chi connectivity index (χ1n) is 9.59. The summed E-state index contributed by atoms with van der Waals surface area (Å²) >= 11 is 1.76. The van der Waals surface area contributed by atoms with E-state index in [1.165, 1.54) is 12.1 Å². The minimum absolute atomic E-state index is 0.240. The van der Waals surface area contributed by atoms with Gasteiger partial charge in [0.1, 0.15) is 11.6 Å². The number of aromatic nitrogens is 3. The average Bonchev–Trinajstić information content (AvgIpc) is 3.44. The Morgan fingerprint density at radius 3 is 2.93 bits per heavy atom. The summed E-state index contributed by atoms with van der Waals surface area (Å²) in [4.78, 5) is 9.32. The van der Waals surface area contributed by atoms with Crippen molar-refractivity contribution >= 4 is 17.6 Å². The summed E-state index contributed by atoms with van der Waals surface area (Å²) in [7, 11) is 0. The Bertz CT molecular complexity index is 983. The van der Waals surface area contributed by atoms with Crippen LogP contribution < -0.4 is 5.32 Å². The van der Waals surface area contributed by atoms with Gasteiger partial charge in [-0.25, -0.2) is 14.4 Å². The molecule has 3 aromatic rings. The molecule has 5 nitrogen and oxygen atoms in total. The lowest BCUT2D eigenvalue weighted by atomic mass is 10.1. The Kier molecular flexibility index (Phi) is 4.78. The van der Waals surface area contributed by atoms with Crippen molar-refractivity contribution in [1.82, 2.24) is 14.5 Å². The molecule has 1 aromatic carbocycles. The molecule has 1 fully saturated rings. The molecule has 5 rings (SSSR count). The van der Waals surface area contributed by atoms with E-state index in [1.54, 1.807) is 23.9 Å². The van der Waals surface area contributed by atoms with Crippen LogP contribution in [0.2, 0.25) is 0 Å². The molecule has 1 unspecified atom stereocenters. The summed E-state index contributed by atoms with van der Waals surface area (Å²) < 4.78 is 21.3. The van der Waals surface area contributed by atoms with Crippen molar-refractivity contribution < 1.29 is 9.13 Å². The van der Waals surface area contributed by atoms with Crippen molar-refractivity contribution in [3.63, 3.8) is 0 Å². The van der Waals surface area contributed by atoms with Crippen LogP contribution in [0.15, 0.2) is 47.8 Å². The van der Waals surface area contributed by atoms with E-state index in [1.807, 2.05) is 12.3 Å². The lowest BCUT2D eigenvalue weighted by molar-refractivity contribution is 0.120. The molecule has 0 spiro atoms. The van der Waals surface area contributed by atoms with Gasteiger partial charge >= 0.3 is 0 Å². The molecule has 4 heterocycles. The van der Waals surface area contributed by atoms with Crippen LogP contribution in [-0.2, 0) is 11.3 Å². The summed E-state index contributed by atoms with van der Waals surface area (Å²) in [5.74, 6) is 1.61. The summed E-state index contributed by atoms with van der Waals surface area (Å²) in [6, 6.07) is 10.6. The minimum Gasteiger partial charge on any atom is -0.376 e. The van der Waals surface area contributed by atoms with Gasteiger partial charge in [0.05, 0.1) is 17.5 Å². The van der Waals surface area contributed by atoms with Gasteiger partial charge in [0.2, 0.25) is 0 Å². The Balaban J connectivity index is 1.50. The van der Waals surface area contributed by atoms with Crippen LogP contribution in [0.1, 0.15) is 12.8 Å². The predicted molar refractivity (Wildman–Crippen MR) is 109 cm³/mol. The number of thioether (sulfide) groups is 1. The summed E-state index contributed by atoms with van der Waals surface area (Å²) in [5, 5.41) is 4.42. The fourth-order valence-electron chi connectivity index (χ4n) is 3.78. The van der Waals surface area contributed by atoms with Crippen molar-refractivity contribution in [2.45, 2.75) is 30.6 Å². The van der Waals surface area contributed by atoms with Gasteiger partial charge in [0, 0.05) is 42.8 Å². The molecule has 1 atom stereocenters. The van der Waals surface area contributed by atoms with E-state index in [9.17, 15) is 4.39 Å². The lowest BCUT2D eigenvalue weighted by Crippen LogP contribution is -2.18. The molecule has 1 N–H and O–H groups in total. The van der Waals surface area contributed by atoms with Gasteiger partial charge in [-0.15, -0.1) is 0 Å². The maximum Gasteiger partial charge on any atom is 0.169 e. The second kappa shape index (κ2) is 7.56. The highest BCUT2D eigenvalue weighted by atomic mass is 32.2. The third-order valence-electron chi connectivity index (χ3n) is 5.16. The van der Waals surface area contributed by atoms with E-state index in [-0.39, 0.29) is 11.9 Å². The Hall–Kier alpha value is -2.38. The van der Waals surface area contributed by atoms with Crippen LogP contribution in [0.25, 0.3) is 22.5 Å². The van der Waals surface area contributed by atoms with Crippen LogP contribution >= 0.6 is 11.8 Å². The van der Waals surface area contributed by atoms with Gasteiger partial charge in [0.15, 0.2) is 5.16 Å². The zero-order chi connectivity index (χ0) is 18.9. The number of nitrogens with zero attached hydrogens (tertiary/aromatic N) is 3. The van der Waals surface area contributed by atoms with Crippen molar-refractivity contribution in [2.24, 2.45) is 0 Å². The maximum absolute atomic E-state index is 13.4. The molecular formula is C21H21FN4OS. The summed E-state index contributed by atoms with van der Waals surface area (Å²) in [5.41, 5.74) is 3.93. The summed E-state index contributed by atoms with van der Waals surface area (Å²) in [6.07, 6.45) is 4.30. The molecule has 7 heteroatoms.